The van der Waals surface area contributed by atoms with Crippen molar-refractivity contribution >= 4 is 23.4 Å². The maximum absolute atomic E-state index is 13.3. The van der Waals surface area contributed by atoms with Gasteiger partial charge in [0.05, 0.1) is 17.4 Å². The van der Waals surface area contributed by atoms with Gasteiger partial charge in [0.2, 0.25) is 11.8 Å². The monoisotopic (exact) mass is 432 g/mol. The third-order valence-corrected chi connectivity index (χ3v) is 5.73. The number of nitrogens with zero attached hydrogens (tertiary/aromatic N) is 1. The van der Waals surface area contributed by atoms with Crippen LogP contribution in [0.5, 0.6) is 0 Å². The largest absolute Gasteiger partial charge is 0.373 e. The molecular formula is C24H33ClN2O3. The summed E-state index contributed by atoms with van der Waals surface area (Å²) < 4.78 is 11.6. The van der Waals surface area contributed by atoms with E-state index in [4.69, 9.17) is 20.9 Å². The molecule has 3 atom stereocenters. The van der Waals surface area contributed by atoms with Gasteiger partial charge in [-0.1, -0.05) is 49.7 Å². The van der Waals surface area contributed by atoms with E-state index in [0.717, 1.165) is 24.1 Å². The SMILES string of the molecule is CC(C)(C)O[C@H]1CCC(c2ccc(Cl)cc2)[C@H](C(=O)Nc2cc(C(C)(C)C)no2)C1. The second-order valence-electron chi connectivity index (χ2n) is 10.2. The van der Waals surface area contributed by atoms with Gasteiger partial charge in [-0.2, -0.15) is 0 Å². The summed E-state index contributed by atoms with van der Waals surface area (Å²) in [5.74, 6) is 0.204. The van der Waals surface area contributed by atoms with Crippen molar-refractivity contribution in [1.82, 2.24) is 5.16 Å². The van der Waals surface area contributed by atoms with Crippen molar-refractivity contribution in [2.24, 2.45) is 5.92 Å². The van der Waals surface area contributed by atoms with Crippen LogP contribution in [-0.2, 0) is 14.9 Å². The standard InChI is InChI=1S/C24H33ClN2O3/c1-23(2,3)20-14-21(30-27-20)26-22(28)19-13-17(29-24(4,5)6)11-12-18(19)15-7-9-16(25)10-8-15/h7-10,14,17-19H,11-13H2,1-6H3,(H,26,28)/t17-,18?,19+/m0/s1. The van der Waals surface area contributed by atoms with Crippen LogP contribution in [0, 0.1) is 5.92 Å². The number of ether oxygens (including phenoxy) is 1. The van der Waals surface area contributed by atoms with Gasteiger partial charge in [-0.25, -0.2) is 0 Å². The van der Waals surface area contributed by atoms with Gasteiger partial charge >= 0.3 is 0 Å². The summed E-state index contributed by atoms with van der Waals surface area (Å²) >= 11 is 6.07. The topological polar surface area (TPSA) is 64.4 Å². The van der Waals surface area contributed by atoms with E-state index in [1.54, 1.807) is 6.07 Å². The van der Waals surface area contributed by atoms with Crippen LogP contribution in [-0.4, -0.2) is 22.8 Å². The lowest BCUT2D eigenvalue weighted by molar-refractivity contribution is -0.127. The first kappa shape index (κ1) is 22.8. The smallest absolute Gasteiger partial charge is 0.231 e. The quantitative estimate of drug-likeness (QED) is 0.612. The summed E-state index contributed by atoms with van der Waals surface area (Å²) in [5, 5.41) is 7.75. The summed E-state index contributed by atoms with van der Waals surface area (Å²) in [4.78, 5) is 13.3. The van der Waals surface area contributed by atoms with Crippen LogP contribution in [0.4, 0.5) is 5.88 Å². The van der Waals surface area contributed by atoms with Gasteiger partial charge in [0.1, 0.15) is 0 Å². The maximum Gasteiger partial charge on any atom is 0.231 e. The first-order valence-electron chi connectivity index (χ1n) is 10.6. The number of benzene rings is 1. The average Bonchev–Trinajstić information content (AvgIpc) is 3.10. The molecule has 1 fully saturated rings. The normalized spacial score (nSPS) is 22.7. The van der Waals surface area contributed by atoms with Crippen LogP contribution >= 0.6 is 11.6 Å². The van der Waals surface area contributed by atoms with Crippen molar-refractivity contribution in [1.29, 1.82) is 0 Å². The minimum Gasteiger partial charge on any atom is -0.373 e. The van der Waals surface area contributed by atoms with E-state index >= 15 is 0 Å². The summed E-state index contributed by atoms with van der Waals surface area (Å²) in [5.41, 5.74) is 1.55. The Morgan fingerprint density at radius 2 is 1.80 bits per heavy atom. The number of aromatic nitrogens is 1. The molecule has 0 radical (unpaired) electrons. The zero-order valence-electron chi connectivity index (χ0n) is 18.8. The molecule has 0 saturated heterocycles. The number of rotatable bonds is 4. The Labute approximate surface area is 184 Å². The Kier molecular flexibility index (Phi) is 6.63. The molecule has 2 aromatic rings. The van der Waals surface area contributed by atoms with Crippen molar-refractivity contribution in [3.8, 4) is 0 Å². The predicted molar refractivity (Wildman–Crippen MR) is 120 cm³/mol. The molecule has 0 bridgehead atoms. The fraction of sp³-hybridized carbons (Fsp3) is 0.583. The molecular weight excluding hydrogens is 400 g/mol. The third-order valence-electron chi connectivity index (χ3n) is 5.48. The van der Waals surface area contributed by atoms with Crippen LogP contribution < -0.4 is 5.32 Å². The molecule has 3 rings (SSSR count). The number of carbonyl (C=O) groups is 1. The maximum atomic E-state index is 13.3. The Morgan fingerprint density at radius 1 is 1.13 bits per heavy atom. The van der Waals surface area contributed by atoms with Gasteiger partial charge in [0, 0.05) is 22.4 Å². The predicted octanol–water partition coefficient (Wildman–Crippen LogP) is 6.33. The summed E-state index contributed by atoms with van der Waals surface area (Å²) in [6.07, 6.45) is 2.51. The van der Waals surface area contributed by atoms with E-state index in [1.807, 2.05) is 24.3 Å². The first-order chi connectivity index (χ1) is 13.9. The van der Waals surface area contributed by atoms with Gasteiger partial charge in [0.25, 0.3) is 0 Å². The molecule has 1 aromatic heterocycles. The molecule has 1 N–H and O–H groups in total. The number of hydrogen-bond acceptors (Lipinski definition) is 4. The lowest BCUT2D eigenvalue weighted by atomic mass is 9.73. The minimum absolute atomic E-state index is 0.0455. The van der Waals surface area contributed by atoms with Crippen molar-refractivity contribution in [2.75, 3.05) is 5.32 Å². The molecule has 1 heterocycles. The van der Waals surface area contributed by atoms with Gasteiger partial charge in [-0.3, -0.25) is 10.1 Å². The average molecular weight is 433 g/mol. The number of hydrogen-bond donors (Lipinski definition) is 1. The van der Waals surface area contributed by atoms with Crippen LogP contribution in [0.1, 0.15) is 78.0 Å². The molecule has 6 heteroatoms. The zero-order chi connectivity index (χ0) is 22.1. The van der Waals surface area contributed by atoms with Gasteiger partial charge in [-0.15, -0.1) is 0 Å². The van der Waals surface area contributed by atoms with E-state index in [0.29, 0.717) is 17.3 Å². The van der Waals surface area contributed by atoms with E-state index in [-0.39, 0.29) is 34.9 Å². The summed E-state index contributed by atoms with van der Waals surface area (Å²) in [6, 6.07) is 9.61. The summed E-state index contributed by atoms with van der Waals surface area (Å²) in [7, 11) is 0. The number of carbonyl (C=O) groups excluding carboxylic acids is 1. The number of nitrogens with one attached hydrogen (secondary N) is 1. The molecule has 164 valence electrons. The Hall–Kier alpha value is -1.85. The fourth-order valence-electron chi connectivity index (χ4n) is 4.04. The molecule has 5 nitrogen and oxygen atoms in total. The Bertz CT molecular complexity index is 862. The highest BCUT2D eigenvalue weighted by atomic mass is 35.5. The van der Waals surface area contributed by atoms with E-state index in [1.165, 1.54) is 0 Å². The van der Waals surface area contributed by atoms with E-state index in [2.05, 4.69) is 52.0 Å². The molecule has 1 aliphatic carbocycles. The zero-order valence-corrected chi connectivity index (χ0v) is 19.5. The van der Waals surface area contributed by atoms with Crippen LogP contribution in [0.15, 0.2) is 34.9 Å². The molecule has 0 spiro atoms. The molecule has 0 aliphatic heterocycles. The highest BCUT2D eigenvalue weighted by molar-refractivity contribution is 6.30. The van der Waals surface area contributed by atoms with Crippen LogP contribution in [0.2, 0.25) is 5.02 Å². The van der Waals surface area contributed by atoms with Crippen molar-refractivity contribution < 1.29 is 14.1 Å². The molecule has 1 aliphatic rings. The fourth-order valence-corrected chi connectivity index (χ4v) is 4.17. The Morgan fingerprint density at radius 3 is 2.37 bits per heavy atom. The number of anilines is 1. The number of halogens is 1. The van der Waals surface area contributed by atoms with Crippen molar-refractivity contribution in [3.05, 3.63) is 46.6 Å². The lowest BCUT2D eigenvalue weighted by Crippen LogP contribution is -2.39. The van der Waals surface area contributed by atoms with Crippen molar-refractivity contribution in [3.63, 3.8) is 0 Å². The van der Waals surface area contributed by atoms with Crippen LogP contribution in [0.3, 0.4) is 0 Å². The van der Waals surface area contributed by atoms with E-state index in [9.17, 15) is 4.79 Å². The second-order valence-corrected chi connectivity index (χ2v) is 10.7. The van der Waals surface area contributed by atoms with Crippen molar-refractivity contribution in [2.45, 2.75) is 83.8 Å². The minimum atomic E-state index is -0.245. The molecule has 1 aromatic carbocycles. The highest BCUT2D eigenvalue weighted by Crippen LogP contribution is 2.41. The van der Waals surface area contributed by atoms with E-state index < -0.39 is 0 Å². The van der Waals surface area contributed by atoms with Gasteiger partial charge in [-0.05, 0) is 63.6 Å². The molecule has 30 heavy (non-hydrogen) atoms. The van der Waals surface area contributed by atoms with Gasteiger partial charge in [0.15, 0.2) is 0 Å². The first-order valence-corrected chi connectivity index (χ1v) is 11.0. The second kappa shape index (κ2) is 8.72. The highest BCUT2D eigenvalue weighted by Gasteiger charge is 2.38. The molecule has 1 amide bonds. The molecule has 1 saturated carbocycles. The van der Waals surface area contributed by atoms with Gasteiger partial charge < -0.3 is 9.26 Å². The Balaban J connectivity index is 1.81. The molecule has 1 unspecified atom stereocenters. The number of amides is 1. The lowest BCUT2D eigenvalue weighted by Gasteiger charge is -2.38. The van der Waals surface area contributed by atoms with Crippen LogP contribution in [0.25, 0.3) is 0 Å². The third kappa shape index (κ3) is 5.86. The summed E-state index contributed by atoms with van der Waals surface area (Å²) in [6.45, 7) is 12.3.